The Morgan fingerprint density at radius 1 is 1.12 bits per heavy atom. The molecule has 0 aromatic carbocycles. The molecule has 1 N–H and O–H groups in total. The van der Waals surface area contributed by atoms with Crippen LogP contribution in [0.5, 0.6) is 0 Å². The second kappa shape index (κ2) is 6.48. The van der Waals surface area contributed by atoms with Crippen LogP contribution in [0.4, 0.5) is 5.88 Å². The summed E-state index contributed by atoms with van der Waals surface area (Å²) in [7, 11) is 3.09. The summed E-state index contributed by atoms with van der Waals surface area (Å²) >= 11 is 0. The summed E-state index contributed by atoms with van der Waals surface area (Å²) in [6.07, 6.45) is 7.42. The fraction of sp³-hybridized carbons (Fsp3) is 0.421. The van der Waals surface area contributed by atoms with Crippen molar-refractivity contribution < 1.29 is 4.42 Å². The van der Waals surface area contributed by atoms with Gasteiger partial charge in [-0.25, -0.2) is 4.79 Å². The molecule has 1 fully saturated rings. The molecule has 7 nitrogen and oxygen atoms in total. The van der Waals surface area contributed by atoms with E-state index in [2.05, 4.69) is 10.3 Å². The van der Waals surface area contributed by atoms with Crippen LogP contribution in [0.1, 0.15) is 32.1 Å². The minimum atomic E-state index is -0.409. The highest BCUT2D eigenvalue weighted by atomic mass is 16.4. The fourth-order valence-electron chi connectivity index (χ4n) is 3.71. The number of rotatable bonds is 3. The van der Waals surface area contributed by atoms with Crippen LogP contribution >= 0.6 is 0 Å². The molecule has 0 atom stereocenters. The van der Waals surface area contributed by atoms with Gasteiger partial charge in [0.1, 0.15) is 5.39 Å². The number of anilines is 1. The van der Waals surface area contributed by atoms with E-state index in [1.165, 1.54) is 30.9 Å². The smallest absolute Gasteiger partial charge is 0.333 e. The lowest BCUT2D eigenvalue weighted by molar-refractivity contribution is 0.452. The van der Waals surface area contributed by atoms with E-state index in [1.807, 2.05) is 18.2 Å². The van der Waals surface area contributed by atoms with Crippen LogP contribution in [-0.4, -0.2) is 20.2 Å². The summed E-state index contributed by atoms with van der Waals surface area (Å²) in [5.74, 6) is 0.518. The number of aromatic nitrogens is 3. The second-order valence-corrected chi connectivity index (χ2v) is 6.89. The molecule has 0 bridgehead atoms. The SMILES string of the molecule is Cn1c(=O)c2c(-c3ccccn3)c(NC3CCCCC3)oc2n(C)c1=O. The van der Waals surface area contributed by atoms with Crippen molar-refractivity contribution in [2.45, 2.75) is 38.1 Å². The Morgan fingerprint density at radius 2 is 1.88 bits per heavy atom. The van der Waals surface area contributed by atoms with Gasteiger partial charge in [-0.3, -0.25) is 18.9 Å². The summed E-state index contributed by atoms with van der Waals surface area (Å²) in [6, 6.07) is 5.85. The molecule has 26 heavy (non-hydrogen) atoms. The molecule has 7 heteroatoms. The summed E-state index contributed by atoms with van der Waals surface area (Å²) in [5, 5.41) is 3.84. The van der Waals surface area contributed by atoms with Crippen LogP contribution in [0.25, 0.3) is 22.4 Å². The number of hydrogen-bond acceptors (Lipinski definition) is 5. The molecule has 3 heterocycles. The first-order valence-electron chi connectivity index (χ1n) is 8.98. The van der Waals surface area contributed by atoms with Crippen molar-refractivity contribution in [1.82, 2.24) is 14.1 Å². The number of aryl methyl sites for hydroxylation is 1. The van der Waals surface area contributed by atoms with Crippen molar-refractivity contribution in [1.29, 1.82) is 0 Å². The third kappa shape index (κ3) is 2.64. The maximum atomic E-state index is 12.8. The number of fused-ring (bicyclic) bond motifs is 1. The Kier molecular flexibility index (Phi) is 4.14. The molecular formula is C19H22N4O3. The minimum absolute atomic E-state index is 0.275. The van der Waals surface area contributed by atoms with Gasteiger partial charge in [0.2, 0.25) is 11.6 Å². The largest absolute Gasteiger partial charge is 0.423 e. The van der Waals surface area contributed by atoms with Crippen LogP contribution in [0.3, 0.4) is 0 Å². The Hall–Kier alpha value is -2.83. The fourth-order valence-corrected chi connectivity index (χ4v) is 3.71. The number of furan rings is 1. The molecule has 1 aliphatic rings. The average Bonchev–Trinajstić information content (AvgIpc) is 3.05. The predicted octanol–water partition coefficient (Wildman–Crippen LogP) is 2.64. The van der Waals surface area contributed by atoms with Crippen LogP contribution in [0.15, 0.2) is 38.4 Å². The molecular weight excluding hydrogens is 332 g/mol. The van der Waals surface area contributed by atoms with Crippen molar-refractivity contribution in [3.63, 3.8) is 0 Å². The van der Waals surface area contributed by atoms with Gasteiger partial charge in [-0.15, -0.1) is 0 Å². The maximum absolute atomic E-state index is 12.8. The van der Waals surface area contributed by atoms with Crippen LogP contribution in [0.2, 0.25) is 0 Å². The second-order valence-electron chi connectivity index (χ2n) is 6.89. The first-order chi connectivity index (χ1) is 12.6. The molecule has 136 valence electrons. The topological polar surface area (TPSA) is 82.1 Å². The Balaban J connectivity index is 1.98. The normalized spacial score (nSPS) is 15.5. The monoisotopic (exact) mass is 354 g/mol. The third-order valence-electron chi connectivity index (χ3n) is 5.15. The van der Waals surface area contributed by atoms with Crippen molar-refractivity contribution in [3.8, 4) is 11.3 Å². The molecule has 1 saturated carbocycles. The predicted molar refractivity (Wildman–Crippen MR) is 100 cm³/mol. The molecule has 0 spiro atoms. The Morgan fingerprint density at radius 3 is 2.58 bits per heavy atom. The zero-order chi connectivity index (χ0) is 18.3. The number of hydrogen-bond donors (Lipinski definition) is 1. The van der Waals surface area contributed by atoms with Crippen molar-refractivity contribution in [2.75, 3.05) is 5.32 Å². The highest BCUT2D eigenvalue weighted by molar-refractivity contribution is 5.97. The standard InChI is InChI=1S/C19H22N4O3/c1-22-17(24)15-14(13-10-6-7-11-20-13)16(21-12-8-4-3-5-9-12)26-18(15)23(2)19(22)25/h6-7,10-12,21H,3-5,8-9H2,1-2H3. The van der Waals surface area contributed by atoms with Crippen molar-refractivity contribution in [2.24, 2.45) is 14.1 Å². The van der Waals surface area contributed by atoms with Gasteiger partial charge >= 0.3 is 5.69 Å². The molecule has 0 aliphatic heterocycles. The quantitative estimate of drug-likeness (QED) is 0.782. The first kappa shape index (κ1) is 16.6. The first-order valence-corrected chi connectivity index (χ1v) is 8.98. The molecule has 3 aromatic heterocycles. The zero-order valence-corrected chi connectivity index (χ0v) is 15.0. The van der Waals surface area contributed by atoms with Crippen LogP contribution < -0.4 is 16.6 Å². The Bertz CT molecular complexity index is 1060. The minimum Gasteiger partial charge on any atom is -0.423 e. The number of pyridine rings is 1. The molecule has 0 radical (unpaired) electrons. The summed E-state index contributed by atoms with van der Waals surface area (Å²) in [5.41, 5.74) is 0.775. The van der Waals surface area contributed by atoms with Gasteiger partial charge in [0, 0.05) is 26.3 Å². The van der Waals surface area contributed by atoms with Gasteiger partial charge in [-0.05, 0) is 25.0 Å². The van der Waals surface area contributed by atoms with E-state index in [4.69, 9.17) is 4.42 Å². The van der Waals surface area contributed by atoms with Crippen molar-refractivity contribution in [3.05, 3.63) is 45.2 Å². The molecule has 3 aromatic rings. The van der Waals surface area contributed by atoms with E-state index in [1.54, 1.807) is 13.2 Å². The van der Waals surface area contributed by atoms with Gasteiger partial charge < -0.3 is 9.73 Å². The van der Waals surface area contributed by atoms with Crippen molar-refractivity contribution >= 4 is 17.0 Å². The highest BCUT2D eigenvalue weighted by Gasteiger charge is 2.25. The summed E-state index contributed by atoms with van der Waals surface area (Å²) in [4.78, 5) is 29.5. The van der Waals surface area contributed by atoms with E-state index in [-0.39, 0.29) is 11.3 Å². The molecule has 4 rings (SSSR count). The van der Waals surface area contributed by atoms with E-state index in [0.29, 0.717) is 28.6 Å². The van der Waals surface area contributed by atoms with Gasteiger partial charge in [-0.1, -0.05) is 25.3 Å². The summed E-state index contributed by atoms with van der Waals surface area (Å²) in [6.45, 7) is 0. The van der Waals surface area contributed by atoms with E-state index in [0.717, 1.165) is 17.4 Å². The van der Waals surface area contributed by atoms with Crippen LogP contribution in [0, 0.1) is 0 Å². The maximum Gasteiger partial charge on any atom is 0.333 e. The lowest BCUT2D eigenvalue weighted by Crippen LogP contribution is -2.36. The third-order valence-corrected chi connectivity index (χ3v) is 5.15. The number of nitrogens with zero attached hydrogens (tertiary/aromatic N) is 3. The van der Waals surface area contributed by atoms with E-state index >= 15 is 0 Å². The zero-order valence-electron chi connectivity index (χ0n) is 15.0. The van der Waals surface area contributed by atoms with Gasteiger partial charge in [0.05, 0.1) is 11.3 Å². The Labute approximate surface area is 150 Å². The van der Waals surface area contributed by atoms with Gasteiger partial charge in [0.25, 0.3) is 5.56 Å². The van der Waals surface area contributed by atoms with Gasteiger partial charge in [-0.2, -0.15) is 0 Å². The molecule has 1 aliphatic carbocycles. The lowest BCUT2D eigenvalue weighted by Gasteiger charge is -2.22. The van der Waals surface area contributed by atoms with Gasteiger partial charge in [0.15, 0.2) is 0 Å². The molecule has 0 saturated heterocycles. The lowest BCUT2D eigenvalue weighted by atomic mass is 9.95. The molecule has 0 amide bonds. The van der Waals surface area contributed by atoms with Crippen LogP contribution in [-0.2, 0) is 14.1 Å². The number of nitrogens with one attached hydrogen (secondary N) is 1. The summed E-state index contributed by atoms with van der Waals surface area (Å²) < 4.78 is 8.48. The van der Waals surface area contributed by atoms with E-state index in [9.17, 15) is 9.59 Å². The van der Waals surface area contributed by atoms with E-state index < -0.39 is 5.69 Å². The average molecular weight is 354 g/mol. The highest BCUT2D eigenvalue weighted by Crippen LogP contribution is 2.36. The molecule has 0 unspecified atom stereocenters.